The predicted molar refractivity (Wildman–Crippen MR) is 120 cm³/mol. The Labute approximate surface area is 185 Å². The minimum Gasteiger partial charge on any atom is -0.497 e. The molecule has 0 aromatic heterocycles. The molecule has 2 aliphatic rings. The summed E-state index contributed by atoms with van der Waals surface area (Å²) >= 11 is 0. The van der Waals surface area contributed by atoms with Gasteiger partial charge in [-0.15, -0.1) is 0 Å². The monoisotopic (exact) mass is 432 g/mol. The number of anilines is 1. The van der Waals surface area contributed by atoms with E-state index in [-0.39, 0.29) is 18.5 Å². The van der Waals surface area contributed by atoms with E-state index >= 15 is 0 Å². The molecule has 2 amide bonds. The summed E-state index contributed by atoms with van der Waals surface area (Å²) in [4.78, 5) is 28.9. The second-order valence-electron chi connectivity index (χ2n) is 9.27. The van der Waals surface area contributed by atoms with Gasteiger partial charge in [-0.25, -0.2) is 4.79 Å². The summed E-state index contributed by atoms with van der Waals surface area (Å²) in [6.07, 6.45) is 4.19. The lowest BCUT2D eigenvalue weighted by molar-refractivity contribution is -0.120. The zero-order valence-electron chi connectivity index (χ0n) is 19.1. The van der Waals surface area contributed by atoms with Crippen molar-refractivity contribution in [1.29, 1.82) is 0 Å². The number of alkyl carbamates (subject to hydrolysis) is 1. The molecule has 31 heavy (non-hydrogen) atoms. The summed E-state index contributed by atoms with van der Waals surface area (Å²) < 4.78 is 10.5. The number of hydrogen-bond acceptors (Lipinski definition) is 6. The van der Waals surface area contributed by atoms with Crippen LogP contribution in [0.4, 0.5) is 10.5 Å². The summed E-state index contributed by atoms with van der Waals surface area (Å²) in [5, 5.41) is 5.57. The number of amides is 2. The van der Waals surface area contributed by atoms with Crippen molar-refractivity contribution in [2.45, 2.75) is 64.3 Å². The predicted octanol–water partition coefficient (Wildman–Crippen LogP) is 2.73. The van der Waals surface area contributed by atoms with Crippen LogP contribution in [0.5, 0.6) is 5.75 Å². The van der Waals surface area contributed by atoms with Crippen LogP contribution in [-0.2, 0) is 9.53 Å². The summed E-state index contributed by atoms with van der Waals surface area (Å²) in [6.45, 7) is 8.09. The van der Waals surface area contributed by atoms with Crippen LogP contribution in [0.25, 0.3) is 0 Å². The van der Waals surface area contributed by atoms with Gasteiger partial charge in [-0.1, -0.05) is 0 Å². The van der Waals surface area contributed by atoms with Crippen LogP contribution in [0.15, 0.2) is 24.3 Å². The number of ether oxygens (including phenoxy) is 2. The molecule has 1 aromatic rings. The van der Waals surface area contributed by atoms with Gasteiger partial charge in [-0.2, -0.15) is 0 Å². The summed E-state index contributed by atoms with van der Waals surface area (Å²) in [6, 6.07) is 8.34. The van der Waals surface area contributed by atoms with E-state index in [2.05, 4.69) is 32.6 Å². The highest BCUT2D eigenvalue weighted by Gasteiger charge is 2.34. The molecular formula is C23H36N4O4. The summed E-state index contributed by atoms with van der Waals surface area (Å²) in [5.74, 6) is 0.676. The van der Waals surface area contributed by atoms with Gasteiger partial charge in [-0.3, -0.25) is 9.69 Å². The van der Waals surface area contributed by atoms with Gasteiger partial charge in [0.1, 0.15) is 17.9 Å². The molecule has 2 saturated heterocycles. The highest BCUT2D eigenvalue weighted by Crippen LogP contribution is 2.30. The Hall–Kier alpha value is -2.48. The molecule has 0 saturated carbocycles. The number of benzene rings is 1. The van der Waals surface area contributed by atoms with Crippen molar-refractivity contribution in [2.75, 3.05) is 38.2 Å². The van der Waals surface area contributed by atoms with E-state index in [9.17, 15) is 9.59 Å². The first kappa shape index (κ1) is 23.2. The molecule has 0 spiro atoms. The maximum absolute atomic E-state index is 12.3. The second-order valence-corrected chi connectivity index (χ2v) is 9.27. The van der Waals surface area contributed by atoms with E-state index in [1.807, 2.05) is 12.1 Å². The molecule has 2 atom stereocenters. The van der Waals surface area contributed by atoms with Crippen molar-refractivity contribution in [3.05, 3.63) is 24.3 Å². The summed E-state index contributed by atoms with van der Waals surface area (Å²) in [5.41, 5.74) is 0.627. The van der Waals surface area contributed by atoms with Crippen LogP contribution in [0.1, 0.15) is 46.5 Å². The third kappa shape index (κ3) is 6.75. The number of piperidine rings is 1. The average molecular weight is 433 g/mol. The maximum Gasteiger partial charge on any atom is 0.408 e. The number of hydrogen-bond donors (Lipinski definition) is 2. The zero-order valence-corrected chi connectivity index (χ0v) is 19.1. The second kappa shape index (κ2) is 10.2. The first-order valence-electron chi connectivity index (χ1n) is 11.2. The Morgan fingerprint density at radius 1 is 1.10 bits per heavy atom. The number of nitrogens with one attached hydrogen (secondary N) is 2. The van der Waals surface area contributed by atoms with Crippen LogP contribution in [0, 0.1) is 0 Å². The van der Waals surface area contributed by atoms with Crippen LogP contribution >= 0.6 is 0 Å². The first-order chi connectivity index (χ1) is 14.7. The van der Waals surface area contributed by atoms with Crippen molar-refractivity contribution in [3.8, 4) is 5.75 Å². The average Bonchev–Trinajstić information content (AvgIpc) is 3.19. The fourth-order valence-corrected chi connectivity index (χ4v) is 4.29. The van der Waals surface area contributed by atoms with E-state index in [4.69, 9.17) is 9.47 Å². The van der Waals surface area contributed by atoms with Gasteiger partial charge in [0.15, 0.2) is 0 Å². The van der Waals surface area contributed by atoms with Crippen molar-refractivity contribution in [3.63, 3.8) is 0 Å². The van der Waals surface area contributed by atoms with E-state index in [1.54, 1.807) is 27.9 Å². The minimum absolute atomic E-state index is 0.0766. The molecule has 0 aliphatic carbocycles. The number of methoxy groups -OCH3 is 1. The van der Waals surface area contributed by atoms with Gasteiger partial charge in [0, 0.05) is 31.4 Å². The largest absolute Gasteiger partial charge is 0.497 e. The first-order valence-corrected chi connectivity index (χ1v) is 11.2. The molecule has 2 N–H and O–H groups in total. The van der Waals surface area contributed by atoms with Crippen LogP contribution < -0.4 is 20.3 Å². The molecule has 8 nitrogen and oxygen atoms in total. The van der Waals surface area contributed by atoms with Crippen LogP contribution in [-0.4, -0.2) is 68.0 Å². The lowest BCUT2D eigenvalue weighted by Crippen LogP contribution is -2.51. The smallest absolute Gasteiger partial charge is 0.408 e. The molecule has 172 valence electrons. The van der Waals surface area contributed by atoms with Crippen LogP contribution in [0.2, 0.25) is 0 Å². The highest BCUT2D eigenvalue weighted by molar-refractivity contribution is 5.82. The molecule has 2 heterocycles. The Kier molecular flexibility index (Phi) is 7.64. The van der Waals surface area contributed by atoms with Crippen molar-refractivity contribution in [2.24, 2.45) is 0 Å². The van der Waals surface area contributed by atoms with E-state index in [1.165, 1.54) is 18.5 Å². The molecule has 1 unspecified atom stereocenters. The molecule has 3 rings (SSSR count). The molecular weight excluding hydrogens is 396 g/mol. The number of rotatable bonds is 6. The van der Waals surface area contributed by atoms with E-state index in [0.29, 0.717) is 6.17 Å². The maximum atomic E-state index is 12.3. The normalized spacial score (nSPS) is 22.1. The minimum atomic E-state index is -0.581. The van der Waals surface area contributed by atoms with Gasteiger partial charge < -0.3 is 25.0 Å². The molecule has 0 bridgehead atoms. The highest BCUT2D eigenvalue weighted by atomic mass is 16.6. The summed E-state index contributed by atoms with van der Waals surface area (Å²) in [7, 11) is 1.68. The third-order valence-electron chi connectivity index (χ3n) is 5.67. The Balaban J connectivity index is 1.50. The van der Waals surface area contributed by atoms with E-state index in [0.717, 1.165) is 38.2 Å². The van der Waals surface area contributed by atoms with Gasteiger partial charge >= 0.3 is 6.09 Å². The standard InChI is InChI=1S/C23H36N4O4/c1-23(2,3)31-22(29)24-15-20(28)25-17-12-14-26(16-17)21-7-5-6-13-27(21)18-8-10-19(30-4)11-9-18/h8-11,17,21H,5-7,12-16H2,1-4H3,(H,24,29)(H,25,28)/t17-,21?/m1/s1. The van der Waals surface area contributed by atoms with Gasteiger partial charge in [0.2, 0.25) is 5.91 Å². The lowest BCUT2D eigenvalue weighted by Gasteiger charge is -2.42. The third-order valence-corrected chi connectivity index (χ3v) is 5.67. The molecule has 2 aliphatic heterocycles. The number of carbonyl (C=O) groups excluding carboxylic acids is 2. The number of nitrogens with zero attached hydrogens (tertiary/aromatic N) is 2. The SMILES string of the molecule is COc1ccc(N2CCCCC2N2CC[C@@H](NC(=O)CNC(=O)OC(C)(C)C)C2)cc1. The van der Waals surface area contributed by atoms with Crippen molar-refractivity contribution >= 4 is 17.7 Å². The Morgan fingerprint density at radius 3 is 2.52 bits per heavy atom. The van der Waals surface area contributed by atoms with Gasteiger partial charge in [-0.05, 0) is 70.7 Å². The fraction of sp³-hybridized carbons (Fsp3) is 0.652. The molecule has 0 radical (unpaired) electrons. The van der Waals surface area contributed by atoms with Crippen LogP contribution in [0.3, 0.4) is 0 Å². The molecule has 2 fully saturated rings. The Morgan fingerprint density at radius 2 is 1.84 bits per heavy atom. The van der Waals surface area contributed by atoms with E-state index < -0.39 is 11.7 Å². The lowest BCUT2D eigenvalue weighted by atomic mass is 10.1. The topological polar surface area (TPSA) is 83.1 Å². The number of likely N-dealkylation sites (tertiary alicyclic amines) is 1. The van der Waals surface area contributed by atoms with Gasteiger partial charge in [0.25, 0.3) is 0 Å². The Bertz CT molecular complexity index is 747. The zero-order chi connectivity index (χ0) is 22.4. The van der Waals surface area contributed by atoms with Crippen molar-refractivity contribution < 1.29 is 19.1 Å². The fourth-order valence-electron chi connectivity index (χ4n) is 4.29. The van der Waals surface area contributed by atoms with Crippen molar-refractivity contribution in [1.82, 2.24) is 15.5 Å². The van der Waals surface area contributed by atoms with Gasteiger partial charge in [0.05, 0.1) is 13.3 Å². The molecule has 8 heteroatoms. The quantitative estimate of drug-likeness (QED) is 0.719. The number of carbonyl (C=O) groups is 2. The molecule has 1 aromatic carbocycles.